The average Bonchev–Trinajstić information content (AvgIpc) is 2.67. The minimum atomic E-state index is 0.176. The van der Waals surface area contributed by atoms with Gasteiger partial charge in [0.15, 0.2) is 0 Å². The molecule has 0 bridgehead atoms. The molecule has 86 valence electrons. The first-order chi connectivity index (χ1) is 7.21. The zero-order chi connectivity index (χ0) is 11.3. The molecule has 1 aromatic heterocycles. The zero-order valence-electron chi connectivity index (χ0n) is 9.77. The Morgan fingerprint density at radius 2 is 2.20 bits per heavy atom. The van der Waals surface area contributed by atoms with Gasteiger partial charge in [0.1, 0.15) is 0 Å². The Bertz CT molecular complexity index is 281. The molecule has 1 aromatic rings. The van der Waals surface area contributed by atoms with Crippen LogP contribution < -0.4 is 5.32 Å². The van der Waals surface area contributed by atoms with Gasteiger partial charge in [-0.1, -0.05) is 13.8 Å². The molecule has 0 radical (unpaired) electrons. The van der Waals surface area contributed by atoms with Crippen molar-refractivity contribution in [1.29, 1.82) is 0 Å². The molecule has 0 spiro atoms. The van der Waals surface area contributed by atoms with Crippen LogP contribution in [0.25, 0.3) is 0 Å². The monoisotopic (exact) mass is 211 g/mol. The summed E-state index contributed by atoms with van der Waals surface area (Å²) in [7, 11) is 1.92. The van der Waals surface area contributed by atoms with Crippen LogP contribution in [0.1, 0.15) is 38.3 Å². The first-order valence-electron chi connectivity index (χ1n) is 5.56. The Balaban J connectivity index is 2.63. The van der Waals surface area contributed by atoms with Crippen molar-refractivity contribution >= 4 is 0 Å². The van der Waals surface area contributed by atoms with Gasteiger partial charge in [-0.25, -0.2) is 0 Å². The smallest absolute Gasteiger partial charge is 0.0584 e. The molecule has 0 aliphatic heterocycles. The molecular formula is C11H21N3O. The van der Waals surface area contributed by atoms with Crippen LogP contribution in [-0.2, 0) is 7.05 Å². The molecule has 4 heteroatoms. The van der Waals surface area contributed by atoms with Crippen molar-refractivity contribution in [3.05, 3.63) is 18.0 Å². The lowest BCUT2D eigenvalue weighted by Crippen LogP contribution is -2.34. The van der Waals surface area contributed by atoms with Gasteiger partial charge in [-0.3, -0.25) is 4.68 Å². The topological polar surface area (TPSA) is 50.1 Å². The molecule has 0 saturated carbocycles. The second-order valence-electron chi connectivity index (χ2n) is 3.86. The van der Waals surface area contributed by atoms with Crippen LogP contribution >= 0.6 is 0 Å². The molecule has 0 aliphatic rings. The van der Waals surface area contributed by atoms with Crippen LogP contribution in [-0.4, -0.2) is 27.5 Å². The molecule has 0 fully saturated rings. The SMILES string of the molecule is CCC(N[C@H](CC)CO)c1cnn(C)c1. The van der Waals surface area contributed by atoms with E-state index in [0.29, 0.717) is 0 Å². The van der Waals surface area contributed by atoms with Gasteiger partial charge >= 0.3 is 0 Å². The van der Waals surface area contributed by atoms with E-state index in [9.17, 15) is 0 Å². The van der Waals surface area contributed by atoms with E-state index in [4.69, 9.17) is 5.11 Å². The lowest BCUT2D eigenvalue weighted by molar-refractivity contribution is 0.226. The van der Waals surface area contributed by atoms with E-state index in [2.05, 4.69) is 24.3 Å². The van der Waals surface area contributed by atoms with E-state index in [1.807, 2.05) is 19.4 Å². The number of hydrogen-bond acceptors (Lipinski definition) is 3. The third-order valence-electron chi connectivity index (χ3n) is 2.69. The number of rotatable bonds is 6. The Labute approximate surface area is 91.3 Å². The Kier molecular flexibility index (Phi) is 4.78. The Morgan fingerprint density at radius 1 is 1.47 bits per heavy atom. The van der Waals surface area contributed by atoms with Gasteiger partial charge in [0, 0.05) is 30.9 Å². The van der Waals surface area contributed by atoms with Crippen molar-refractivity contribution in [2.24, 2.45) is 7.05 Å². The van der Waals surface area contributed by atoms with Crippen molar-refractivity contribution in [1.82, 2.24) is 15.1 Å². The molecular weight excluding hydrogens is 190 g/mol. The van der Waals surface area contributed by atoms with E-state index in [-0.39, 0.29) is 18.7 Å². The van der Waals surface area contributed by atoms with Gasteiger partial charge in [0.2, 0.25) is 0 Å². The van der Waals surface area contributed by atoms with Gasteiger partial charge in [-0.2, -0.15) is 5.10 Å². The first kappa shape index (κ1) is 12.2. The van der Waals surface area contributed by atoms with Gasteiger partial charge in [-0.15, -0.1) is 0 Å². The highest BCUT2D eigenvalue weighted by molar-refractivity contribution is 5.10. The van der Waals surface area contributed by atoms with Gasteiger partial charge < -0.3 is 10.4 Å². The molecule has 15 heavy (non-hydrogen) atoms. The highest BCUT2D eigenvalue weighted by Gasteiger charge is 2.14. The van der Waals surface area contributed by atoms with Gasteiger partial charge in [-0.05, 0) is 12.8 Å². The summed E-state index contributed by atoms with van der Waals surface area (Å²) in [4.78, 5) is 0. The van der Waals surface area contributed by atoms with E-state index in [1.165, 1.54) is 5.56 Å². The van der Waals surface area contributed by atoms with Gasteiger partial charge in [0.05, 0.1) is 12.8 Å². The summed E-state index contributed by atoms with van der Waals surface area (Å²) < 4.78 is 1.81. The molecule has 0 aliphatic carbocycles. The highest BCUT2D eigenvalue weighted by Crippen LogP contribution is 2.16. The van der Waals surface area contributed by atoms with Crippen molar-refractivity contribution < 1.29 is 5.11 Å². The molecule has 1 unspecified atom stereocenters. The minimum absolute atomic E-state index is 0.176. The molecule has 2 N–H and O–H groups in total. The predicted molar refractivity (Wildman–Crippen MR) is 60.5 cm³/mol. The molecule has 0 amide bonds. The van der Waals surface area contributed by atoms with Crippen LogP contribution in [0, 0.1) is 0 Å². The van der Waals surface area contributed by atoms with Crippen LogP contribution in [0.4, 0.5) is 0 Å². The van der Waals surface area contributed by atoms with E-state index in [1.54, 1.807) is 4.68 Å². The number of aromatic nitrogens is 2. The molecule has 1 rings (SSSR count). The van der Waals surface area contributed by atoms with E-state index < -0.39 is 0 Å². The zero-order valence-corrected chi connectivity index (χ0v) is 9.77. The fourth-order valence-corrected chi connectivity index (χ4v) is 1.65. The Morgan fingerprint density at radius 3 is 2.60 bits per heavy atom. The average molecular weight is 211 g/mol. The fraction of sp³-hybridized carbons (Fsp3) is 0.727. The lowest BCUT2D eigenvalue weighted by Gasteiger charge is -2.21. The maximum Gasteiger partial charge on any atom is 0.0584 e. The number of nitrogens with zero attached hydrogens (tertiary/aromatic N) is 2. The van der Waals surface area contributed by atoms with Crippen LogP contribution in [0.2, 0.25) is 0 Å². The number of aryl methyl sites for hydroxylation is 1. The van der Waals surface area contributed by atoms with Crippen LogP contribution in [0.3, 0.4) is 0 Å². The van der Waals surface area contributed by atoms with Crippen molar-refractivity contribution in [3.8, 4) is 0 Å². The summed E-state index contributed by atoms with van der Waals surface area (Å²) in [6.07, 6.45) is 5.84. The highest BCUT2D eigenvalue weighted by atomic mass is 16.3. The number of aliphatic hydroxyl groups is 1. The lowest BCUT2D eigenvalue weighted by atomic mass is 10.1. The van der Waals surface area contributed by atoms with Gasteiger partial charge in [0.25, 0.3) is 0 Å². The first-order valence-corrected chi connectivity index (χ1v) is 5.56. The fourth-order valence-electron chi connectivity index (χ4n) is 1.65. The van der Waals surface area contributed by atoms with E-state index >= 15 is 0 Å². The van der Waals surface area contributed by atoms with E-state index in [0.717, 1.165) is 12.8 Å². The molecule has 0 aromatic carbocycles. The van der Waals surface area contributed by atoms with Crippen molar-refractivity contribution in [2.45, 2.75) is 38.8 Å². The molecule has 2 atom stereocenters. The number of aliphatic hydroxyl groups excluding tert-OH is 1. The molecule has 1 heterocycles. The number of hydrogen-bond donors (Lipinski definition) is 2. The summed E-state index contributed by atoms with van der Waals surface area (Å²) in [5.74, 6) is 0. The predicted octanol–water partition coefficient (Wildman–Crippen LogP) is 1.23. The minimum Gasteiger partial charge on any atom is -0.395 e. The molecule has 4 nitrogen and oxygen atoms in total. The second-order valence-corrected chi connectivity index (χ2v) is 3.86. The standard InChI is InChI=1S/C11H21N3O/c1-4-10(8-15)13-11(5-2)9-6-12-14(3)7-9/h6-7,10-11,13,15H,4-5,8H2,1-3H3/t10-,11?/m1/s1. The molecule has 0 saturated heterocycles. The summed E-state index contributed by atoms with van der Waals surface area (Å²) in [6.45, 7) is 4.39. The normalized spacial score (nSPS) is 15.2. The third-order valence-corrected chi connectivity index (χ3v) is 2.69. The largest absolute Gasteiger partial charge is 0.395 e. The van der Waals surface area contributed by atoms with Crippen LogP contribution in [0.5, 0.6) is 0 Å². The quantitative estimate of drug-likeness (QED) is 0.744. The third kappa shape index (κ3) is 3.32. The number of nitrogens with one attached hydrogen (secondary N) is 1. The summed E-state index contributed by atoms with van der Waals surface area (Å²) in [5, 5.41) is 16.7. The van der Waals surface area contributed by atoms with Crippen molar-refractivity contribution in [2.75, 3.05) is 6.61 Å². The summed E-state index contributed by atoms with van der Waals surface area (Å²) in [6, 6.07) is 0.464. The summed E-state index contributed by atoms with van der Waals surface area (Å²) >= 11 is 0. The van der Waals surface area contributed by atoms with Crippen molar-refractivity contribution in [3.63, 3.8) is 0 Å². The maximum absolute atomic E-state index is 9.14. The van der Waals surface area contributed by atoms with Crippen LogP contribution in [0.15, 0.2) is 12.4 Å². The summed E-state index contributed by atoms with van der Waals surface area (Å²) in [5.41, 5.74) is 1.19. The Hall–Kier alpha value is -0.870. The maximum atomic E-state index is 9.14. The second kappa shape index (κ2) is 5.88.